The van der Waals surface area contributed by atoms with Crippen LogP contribution < -0.4 is 4.74 Å². The highest BCUT2D eigenvalue weighted by molar-refractivity contribution is 5.65. The molecule has 3 heteroatoms. The van der Waals surface area contributed by atoms with Crippen molar-refractivity contribution in [2.75, 3.05) is 7.11 Å². The second-order valence-electron chi connectivity index (χ2n) is 9.79. The highest BCUT2D eigenvalue weighted by Gasteiger charge is 2.35. The van der Waals surface area contributed by atoms with Gasteiger partial charge in [0.15, 0.2) is 11.6 Å². The van der Waals surface area contributed by atoms with E-state index in [2.05, 4.69) is 13.0 Å². The van der Waals surface area contributed by atoms with Crippen LogP contribution >= 0.6 is 0 Å². The molecule has 2 aromatic carbocycles. The molecule has 0 saturated heterocycles. The second-order valence-corrected chi connectivity index (χ2v) is 9.79. The maximum atomic E-state index is 15.0. The van der Waals surface area contributed by atoms with E-state index in [0.717, 1.165) is 23.3 Å². The summed E-state index contributed by atoms with van der Waals surface area (Å²) in [6, 6.07) is 10.2. The summed E-state index contributed by atoms with van der Waals surface area (Å²) in [4.78, 5) is 0. The fraction of sp³-hybridized carbons (Fsp3) is 0.571. The normalized spacial score (nSPS) is 25.8. The molecule has 0 N–H and O–H groups in total. The van der Waals surface area contributed by atoms with Crippen LogP contribution in [-0.4, -0.2) is 7.11 Å². The van der Waals surface area contributed by atoms with Gasteiger partial charge in [0.25, 0.3) is 0 Å². The summed E-state index contributed by atoms with van der Waals surface area (Å²) in [6.07, 6.45) is 13.3. The van der Waals surface area contributed by atoms with E-state index in [1.54, 1.807) is 18.2 Å². The van der Waals surface area contributed by atoms with Gasteiger partial charge in [-0.15, -0.1) is 0 Å². The number of unbranched alkanes of at least 4 members (excludes halogenated alkanes) is 2. The van der Waals surface area contributed by atoms with Gasteiger partial charge < -0.3 is 4.74 Å². The lowest BCUT2D eigenvalue weighted by atomic mass is 9.63. The fourth-order valence-electron chi connectivity index (χ4n) is 6.09. The lowest BCUT2D eigenvalue weighted by Gasteiger charge is -2.42. The van der Waals surface area contributed by atoms with Crippen LogP contribution in [0.25, 0.3) is 11.1 Å². The molecule has 2 fully saturated rings. The summed E-state index contributed by atoms with van der Waals surface area (Å²) in [5.74, 6) is 2.52. The van der Waals surface area contributed by atoms with E-state index in [0.29, 0.717) is 17.0 Å². The number of hydrogen-bond acceptors (Lipinski definition) is 1. The molecule has 0 aromatic heterocycles. The Balaban J connectivity index is 1.40. The third kappa shape index (κ3) is 5.13. The van der Waals surface area contributed by atoms with Gasteiger partial charge in [-0.2, -0.15) is 0 Å². The third-order valence-electron chi connectivity index (χ3n) is 7.86. The monoisotopic (exact) mass is 426 g/mol. The Labute approximate surface area is 186 Å². The van der Waals surface area contributed by atoms with Crippen LogP contribution in [0.3, 0.4) is 0 Å². The highest BCUT2D eigenvalue weighted by Crippen LogP contribution is 2.48. The highest BCUT2D eigenvalue weighted by atomic mass is 19.1. The van der Waals surface area contributed by atoms with Crippen molar-refractivity contribution in [1.29, 1.82) is 0 Å². The molecule has 0 aliphatic heterocycles. The first-order valence-corrected chi connectivity index (χ1v) is 12.2. The van der Waals surface area contributed by atoms with E-state index in [4.69, 9.17) is 4.74 Å². The first kappa shape index (κ1) is 22.3. The van der Waals surface area contributed by atoms with E-state index >= 15 is 0 Å². The van der Waals surface area contributed by atoms with Crippen molar-refractivity contribution in [3.05, 3.63) is 53.6 Å². The van der Waals surface area contributed by atoms with Gasteiger partial charge >= 0.3 is 0 Å². The van der Waals surface area contributed by atoms with E-state index in [1.165, 1.54) is 77.4 Å². The number of ether oxygens (including phenoxy) is 1. The second kappa shape index (κ2) is 10.1. The molecule has 0 heterocycles. The number of fused-ring (bicyclic) bond motifs is 1. The minimum Gasteiger partial charge on any atom is -0.494 e. The van der Waals surface area contributed by atoms with Crippen molar-refractivity contribution in [2.24, 2.45) is 17.8 Å². The molecule has 31 heavy (non-hydrogen) atoms. The first-order valence-electron chi connectivity index (χ1n) is 12.2. The fourth-order valence-corrected chi connectivity index (χ4v) is 6.09. The van der Waals surface area contributed by atoms with Gasteiger partial charge in [-0.3, -0.25) is 0 Å². The van der Waals surface area contributed by atoms with Gasteiger partial charge in [-0.1, -0.05) is 57.2 Å². The summed E-state index contributed by atoms with van der Waals surface area (Å²) >= 11 is 0. The summed E-state index contributed by atoms with van der Waals surface area (Å²) < 4.78 is 34.0. The first-order chi connectivity index (χ1) is 15.1. The van der Waals surface area contributed by atoms with Gasteiger partial charge in [0.2, 0.25) is 0 Å². The lowest BCUT2D eigenvalue weighted by molar-refractivity contribution is 0.113. The van der Waals surface area contributed by atoms with Crippen LogP contribution in [0, 0.1) is 29.4 Å². The van der Waals surface area contributed by atoms with Crippen LogP contribution in [0.1, 0.15) is 82.6 Å². The van der Waals surface area contributed by atoms with Crippen LogP contribution in [0.15, 0.2) is 36.4 Å². The van der Waals surface area contributed by atoms with Gasteiger partial charge in [-0.25, -0.2) is 8.78 Å². The molecule has 0 amide bonds. The van der Waals surface area contributed by atoms with Crippen LogP contribution in [0.4, 0.5) is 8.78 Å². The van der Waals surface area contributed by atoms with Crippen molar-refractivity contribution in [1.82, 2.24) is 0 Å². The SMILES string of the molecule is CCCCCC1CCC2CC(c3ccc(-c4ccc(OC)c(F)c4)c(F)c3)CCC2C1. The molecule has 2 saturated carbocycles. The van der Waals surface area contributed by atoms with Gasteiger partial charge in [0.05, 0.1) is 7.11 Å². The molecule has 0 radical (unpaired) electrons. The van der Waals surface area contributed by atoms with E-state index in [9.17, 15) is 8.78 Å². The van der Waals surface area contributed by atoms with Crippen LogP contribution in [0.2, 0.25) is 0 Å². The van der Waals surface area contributed by atoms with Crippen molar-refractivity contribution in [2.45, 2.75) is 77.0 Å². The molecule has 0 spiro atoms. The van der Waals surface area contributed by atoms with Crippen molar-refractivity contribution in [3.63, 3.8) is 0 Å². The summed E-state index contributed by atoms with van der Waals surface area (Å²) in [5.41, 5.74) is 2.11. The molecule has 2 aliphatic rings. The van der Waals surface area contributed by atoms with Crippen molar-refractivity contribution < 1.29 is 13.5 Å². The molecule has 2 aliphatic carbocycles. The molecule has 1 nitrogen and oxygen atoms in total. The molecule has 4 atom stereocenters. The van der Waals surface area contributed by atoms with Crippen molar-refractivity contribution >= 4 is 0 Å². The summed E-state index contributed by atoms with van der Waals surface area (Å²) in [6.45, 7) is 2.28. The predicted octanol–water partition coefficient (Wildman–Crippen LogP) is 8.52. The van der Waals surface area contributed by atoms with E-state index in [-0.39, 0.29) is 11.6 Å². The van der Waals surface area contributed by atoms with Gasteiger partial charge in [0.1, 0.15) is 5.82 Å². The molecule has 4 unspecified atom stereocenters. The van der Waals surface area contributed by atoms with Crippen LogP contribution in [0.5, 0.6) is 5.75 Å². The Morgan fingerprint density at radius 1 is 0.871 bits per heavy atom. The number of halogens is 2. The minimum absolute atomic E-state index is 0.178. The minimum atomic E-state index is -0.466. The Kier molecular flexibility index (Phi) is 7.30. The van der Waals surface area contributed by atoms with Crippen LogP contribution in [-0.2, 0) is 0 Å². The quantitative estimate of drug-likeness (QED) is 0.403. The van der Waals surface area contributed by atoms with Crippen molar-refractivity contribution in [3.8, 4) is 16.9 Å². The molecule has 2 aromatic rings. The molecule has 168 valence electrons. The molecular formula is C28H36F2O. The zero-order valence-electron chi connectivity index (χ0n) is 19.0. The average Bonchev–Trinajstić information content (AvgIpc) is 2.79. The van der Waals surface area contributed by atoms with Gasteiger partial charge in [-0.05, 0) is 85.1 Å². The Hall–Kier alpha value is -1.90. The average molecular weight is 427 g/mol. The lowest BCUT2D eigenvalue weighted by Crippen LogP contribution is -2.30. The zero-order chi connectivity index (χ0) is 21.8. The Bertz CT molecular complexity index is 877. The molecular weight excluding hydrogens is 390 g/mol. The largest absolute Gasteiger partial charge is 0.494 e. The summed E-state index contributed by atoms with van der Waals surface area (Å²) in [5, 5.41) is 0. The van der Waals surface area contributed by atoms with E-state index in [1.807, 2.05) is 6.07 Å². The number of methoxy groups -OCH3 is 1. The number of rotatable bonds is 7. The molecule has 0 bridgehead atoms. The number of hydrogen-bond donors (Lipinski definition) is 0. The smallest absolute Gasteiger partial charge is 0.165 e. The maximum absolute atomic E-state index is 15.0. The third-order valence-corrected chi connectivity index (χ3v) is 7.86. The zero-order valence-corrected chi connectivity index (χ0v) is 19.0. The summed E-state index contributed by atoms with van der Waals surface area (Å²) in [7, 11) is 1.43. The van der Waals surface area contributed by atoms with E-state index < -0.39 is 5.82 Å². The number of benzene rings is 2. The molecule has 4 rings (SSSR count). The standard InChI is InChI=1S/C28H36F2O/c1-3-4-5-6-19-7-8-21-16-22(10-9-20(21)15-19)23-11-13-25(26(29)17-23)24-12-14-28(31-2)27(30)18-24/h11-14,17-22H,3-10,15-16H2,1-2H3. The maximum Gasteiger partial charge on any atom is 0.165 e. The topological polar surface area (TPSA) is 9.23 Å². The van der Waals surface area contributed by atoms with Gasteiger partial charge in [0, 0.05) is 5.56 Å². The Morgan fingerprint density at radius 3 is 2.42 bits per heavy atom. The Morgan fingerprint density at radius 2 is 1.68 bits per heavy atom. The predicted molar refractivity (Wildman–Crippen MR) is 123 cm³/mol.